The van der Waals surface area contributed by atoms with E-state index in [0.29, 0.717) is 17.7 Å². The summed E-state index contributed by atoms with van der Waals surface area (Å²) in [5, 5.41) is 0. The quantitative estimate of drug-likeness (QED) is 0.274. The molecule has 0 heterocycles. The minimum Gasteiger partial charge on any atom is -0.496 e. The molecule has 2 aromatic carbocycles. The number of carbonyl (C=O) groups is 1. The van der Waals surface area contributed by atoms with Gasteiger partial charge in [-0.2, -0.15) is 8.42 Å². The average molecular weight is 435 g/mol. The summed E-state index contributed by atoms with van der Waals surface area (Å²) in [4.78, 5) is 12.2. The fourth-order valence-corrected chi connectivity index (χ4v) is 4.12. The minimum atomic E-state index is -3.69. The van der Waals surface area contributed by atoms with Crippen molar-refractivity contribution in [2.24, 2.45) is 0 Å². The van der Waals surface area contributed by atoms with Crippen LogP contribution in [0.2, 0.25) is 0 Å². The summed E-state index contributed by atoms with van der Waals surface area (Å²) < 4.78 is 39.5. The number of hydrogen-bond acceptors (Lipinski definition) is 6. The van der Waals surface area contributed by atoms with E-state index in [1.807, 2.05) is 19.1 Å². The molecule has 0 radical (unpaired) electrons. The van der Waals surface area contributed by atoms with Crippen molar-refractivity contribution in [1.82, 2.24) is 0 Å². The topological polar surface area (TPSA) is 78.9 Å². The standard InChI is InChI=1S/C23H30O6S/c1-18-13-15-20(16-14-18)30(25,26)29-17-8-6-4-5-7-10-19-11-9-12-21(27-2)22(19)23(24)28-3/h9,11-16H,4-8,10,17H2,1-3H3. The first-order valence-electron chi connectivity index (χ1n) is 10.1. The highest BCUT2D eigenvalue weighted by Crippen LogP contribution is 2.25. The lowest BCUT2D eigenvalue weighted by Gasteiger charge is -2.12. The number of ether oxygens (including phenoxy) is 2. The summed E-state index contributed by atoms with van der Waals surface area (Å²) in [5.74, 6) is 0.126. The number of methoxy groups -OCH3 is 2. The van der Waals surface area contributed by atoms with Gasteiger partial charge in [-0.15, -0.1) is 0 Å². The van der Waals surface area contributed by atoms with Gasteiger partial charge in [-0.1, -0.05) is 49.1 Å². The molecule has 0 atom stereocenters. The first kappa shape index (κ1) is 23.9. The molecule has 164 valence electrons. The zero-order valence-electron chi connectivity index (χ0n) is 17.8. The van der Waals surface area contributed by atoms with Gasteiger partial charge in [-0.3, -0.25) is 4.18 Å². The Labute approximate surface area is 179 Å². The van der Waals surface area contributed by atoms with Crippen LogP contribution in [0.25, 0.3) is 0 Å². The Bertz CT molecular complexity index is 919. The SMILES string of the molecule is COC(=O)c1c(CCCCCCCOS(=O)(=O)c2ccc(C)cc2)cccc1OC. The molecular formula is C23H30O6S. The Balaban J connectivity index is 1.70. The predicted octanol–water partition coefficient (Wildman–Crippen LogP) is 4.69. The number of benzene rings is 2. The molecule has 30 heavy (non-hydrogen) atoms. The molecule has 6 nitrogen and oxygen atoms in total. The molecule has 0 aliphatic rings. The number of rotatable bonds is 12. The summed E-state index contributed by atoms with van der Waals surface area (Å²) in [6.07, 6.45) is 5.16. The zero-order chi connectivity index (χ0) is 22.0. The fraction of sp³-hybridized carbons (Fsp3) is 0.435. The third kappa shape index (κ3) is 6.85. The van der Waals surface area contributed by atoms with Crippen LogP contribution in [0.15, 0.2) is 47.4 Å². The van der Waals surface area contributed by atoms with Gasteiger partial charge in [-0.05, 0) is 49.9 Å². The lowest BCUT2D eigenvalue weighted by molar-refractivity contribution is 0.0595. The molecule has 0 spiro atoms. The van der Waals surface area contributed by atoms with E-state index >= 15 is 0 Å². The van der Waals surface area contributed by atoms with E-state index in [0.717, 1.165) is 43.2 Å². The van der Waals surface area contributed by atoms with Gasteiger partial charge in [0.25, 0.3) is 10.1 Å². The molecule has 0 aromatic heterocycles. The summed E-state index contributed by atoms with van der Waals surface area (Å²) in [6, 6.07) is 12.2. The predicted molar refractivity (Wildman–Crippen MR) is 115 cm³/mol. The van der Waals surface area contributed by atoms with Crippen LogP contribution in [0, 0.1) is 6.92 Å². The molecule has 0 fully saturated rings. The second-order valence-electron chi connectivity index (χ2n) is 7.09. The highest BCUT2D eigenvalue weighted by Gasteiger charge is 2.17. The fourth-order valence-electron chi connectivity index (χ4n) is 3.18. The van der Waals surface area contributed by atoms with Crippen LogP contribution in [-0.2, 0) is 25.5 Å². The van der Waals surface area contributed by atoms with Crippen molar-refractivity contribution in [1.29, 1.82) is 0 Å². The molecule has 0 saturated heterocycles. The van der Waals surface area contributed by atoms with Crippen molar-refractivity contribution in [3.63, 3.8) is 0 Å². The van der Waals surface area contributed by atoms with Gasteiger partial charge >= 0.3 is 5.97 Å². The van der Waals surface area contributed by atoms with Crippen molar-refractivity contribution < 1.29 is 26.9 Å². The van der Waals surface area contributed by atoms with E-state index in [4.69, 9.17) is 13.7 Å². The highest BCUT2D eigenvalue weighted by atomic mass is 32.2. The van der Waals surface area contributed by atoms with Crippen LogP contribution < -0.4 is 4.74 Å². The normalized spacial score (nSPS) is 11.3. The van der Waals surface area contributed by atoms with Crippen LogP contribution >= 0.6 is 0 Å². The highest BCUT2D eigenvalue weighted by molar-refractivity contribution is 7.86. The van der Waals surface area contributed by atoms with Crippen molar-refractivity contribution in [3.8, 4) is 5.75 Å². The third-order valence-electron chi connectivity index (χ3n) is 4.86. The maximum absolute atomic E-state index is 12.1. The Hall–Kier alpha value is -2.38. The van der Waals surface area contributed by atoms with Gasteiger partial charge in [0, 0.05) is 0 Å². The monoisotopic (exact) mass is 434 g/mol. The lowest BCUT2D eigenvalue weighted by atomic mass is 9.99. The Morgan fingerprint density at radius 2 is 1.57 bits per heavy atom. The van der Waals surface area contributed by atoms with Crippen LogP contribution in [0.1, 0.15) is 53.6 Å². The second kappa shape index (κ2) is 11.7. The van der Waals surface area contributed by atoms with Crippen LogP contribution in [0.3, 0.4) is 0 Å². The van der Waals surface area contributed by atoms with Gasteiger partial charge in [-0.25, -0.2) is 4.79 Å². The Morgan fingerprint density at radius 1 is 0.900 bits per heavy atom. The van der Waals surface area contributed by atoms with E-state index in [-0.39, 0.29) is 11.5 Å². The molecule has 2 rings (SSSR count). The minimum absolute atomic E-state index is 0.179. The second-order valence-corrected chi connectivity index (χ2v) is 8.71. The van der Waals surface area contributed by atoms with Crippen molar-refractivity contribution in [2.75, 3.05) is 20.8 Å². The molecule has 0 aliphatic carbocycles. The van der Waals surface area contributed by atoms with E-state index < -0.39 is 16.1 Å². The molecule has 0 amide bonds. The molecule has 2 aromatic rings. The lowest BCUT2D eigenvalue weighted by Crippen LogP contribution is -2.08. The summed E-state index contributed by atoms with van der Waals surface area (Å²) in [5.41, 5.74) is 2.40. The first-order chi connectivity index (χ1) is 14.4. The number of esters is 1. The first-order valence-corrected chi connectivity index (χ1v) is 11.5. The van der Waals surface area contributed by atoms with Crippen molar-refractivity contribution in [3.05, 3.63) is 59.2 Å². The van der Waals surface area contributed by atoms with Crippen molar-refractivity contribution >= 4 is 16.1 Å². The molecule has 0 N–H and O–H groups in total. The van der Waals surface area contributed by atoms with E-state index in [1.165, 1.54) is 14.2 Å². The molecule has 0 bridgehead atoms. The van der Waals surface area contributed by atoms with Crippen molar-refractivity contribution in [2.45, 2.75) is 50.3 Å². The van der Waals surface area contributed by atoms with E-state index in [9.17, 15) is 13.2 Å². The number of carbonyl (C=O) groups excluding carboxylic acids is 1. The molecule has 0 unspecified atom stereocenters. The largest absolute Gasteiger partial charge is 0.496 e. The smallest absolute Gasteiger partial charge is 0.341 e. The van der Waals surface area contributed by atoms with Gasteiger partial charge in [0.1, 0.15) is 11.3 Å². The Kier molecular flexibility index (Phi) is 9.33. The van der Waals surface area contributed by atoms with Crippen LogP contribution in [0.4, 0.5) is 0 Å². The average Bonchev–Trinajstić information content (AvgIpc) is 2.75. The number of unbranched alkanes of at least 4 members (excludes halogenated alkanes) is 4. The maximum Gasteiger partial charge on any atom is 0.341 e. The summed E-state index contributed by atoms with van der Waals surface area (Å²) in [6.45, 7) is 2.08. The zero-order valence-corrected chi connectivity index (χ0v) is 18.7. The molecule has 0 saturated carbocycles. The molecule has 7 heteroatoms. The van der Waals surface area contributed by atoms with Gasteiger partial charge < -0.3 is 9.47 Å². The van der Waals surface area contributed by atoms with E-state index in [2.05, 4.69) is 0 Å². The number of aryl methyl sites for hydroxylation is 2. The molecule has 0 aliphatic heterocycles. The maximum atomic E-state index is 12.1. The van der Waals surface area contributed by atoms with Crippen LogP contribution in [0.5, 0.6) is 5.75 Å². The third-order valence-corrected chi connectivity index (χ3v) is 6.19. The van der Waals surface area contributed by atoms with Crippen LogP contribution in [-0.4, -0.2) is 35.2 Å². The summed E-state index contributed by atoms with van der Waals surface area (Å²) >= 11 is 0. The van der Waals surface area contributed by atoms with Gasteiger partial charge in [0.15, 0.2) is 0 Å². The summed E-state index contributed by atoms with van der Waals surface area (Å²) in [7, 11) is -0.793. The van der Waals surface area contributed by atoms with Gasteiger partial charge in [0.05, 0.1) is 25.7 Å². The molecular weight excluding hydrogens is 404 g/mol. The van der Waals surface area contributed by atoms with E-state index in [1.54, 1.807) is 30.3 Å². The Morgan fingerprint density at radius 3 is 2.23 bits per heavy atom. The number of hydrogen-bond donors (Lipinski definition) is 0. The van der Waals surface area contributed by atoms with Gasteiger partial charge in [0.2, 0.25) is 0 Å².